The minimum Gasteiger partial charge on any atom is -0.269 e. The molecule has 0 fully saturated rings. The summed E-state index contributed by atoms with van der Waals surface area (Å²) in [5.41, 5.74) is 3.88. The zero-order chi connectivity index (χ0) is 20.5. The molecular weight excluding hydrogens is 429 g/mol. The Morgan fingerprint density at radius 1 is 1.10 bits per heavy atom. The van der Waals surface area contributed by atoms with Crippen LogP contribution >= 0.6 is 34.5 Å². The summed E-state index contributed by atoms with van der Waals surface area (Å²) in [6, 6.07) is 12.1. The van der Waals surface area contributed by atoms with Crippen molar-refractivity contribution < 1.29 is 4.79 Å². The summed E-state index contributed by atoms with van der Waals surface area (Å²) in [4.78, 5) is 17.4. The molecule has 3 aromatic rings. The van der Waals surface area contributed by atoms with E-state index in [2.05, 4.69) is 20.3 Å². The minimum atomic E-state index is -0.822. The fraction of sp³-hybridized carbons (Fsp3) is 0.150. The van der Waals surface area contributed by atoms with Gasteiger partial charge in [-0.2, -0.15) is 20.3 Å². The number of hydrazone groups is 1. The van der Waals surface area contributed by atoms with E-state index in [1.54, 1.807) is 25.1 Å². The summed E-state index contributed by atoms with van der Waals surface area (Å²) in [5.74, 6) is -0.311. The van der Waals surface area contributed by atoms with Gasteiger partial charge in [0.25, 0.3) is 5.91 Å². The van der Waals surface area contributed by atoms with Crippen LogP contribution in [0.4, 0.5) is 10.8 Å². The number of carbonyl (C=O) groups excluding carboxylic acids is 1. The molecule has 0 saturated carbocycles. The first-order valence-electron chi connectivity index (χ1n) is 8.70. The zero-order valence-electron chi connectivity index (χ0n) is 15.5. The Labute approximate surface area is 181 Å². The van der Waals surface area contributed by atoms with Crippen LogP contribution in [0.1, 0.15) is 12.5 Å². The number of halogens is 2. The van der Waals surface area contributed by atoms with Crippen molar-refractivity contribution in [1.29, 1.82) is 0 Å². The van der Waals surface area contributed by atoms with Gasteiger partial charge in [-0.05, 0) is 32.0 Å². The molecule has 146 valence electrons. The third-order valence-corrected chi connectivity index (χ3v) is 5.68. The lowest BCUT2D eigenvalue weighted by Gasteiger charge is -2.08. The number of hydrogen-bond donors (Lipinski definition) is 0. The van der Waals surface area contributed by atoms with Gasteiger partial charge in [0, 0.05) is 16.0 Å². The van der Waals surface area contributed by atoms with Crippen LogP contribution in [0, 0.1) is 6.92 Å². The van der Waals surface area contributed by atoms with Gasteiger partial charge in [-0.1, -0.05) is 53.0 Å². The van der Waals surface area contributed by atoms with E-state index in [-0.39, 0.29) is 5.91 Å². The molecule has 1 atom stereocenters. The third-order valence-electron chi connectivity index (χ3n) is 4.31. The van der Waals surface area contributed by atoms with Crippen LogP contribution in [0.25, 0.3) is 11.3 Å². The highest BCUT2D eigenvalue weighted by molar-refractivity contribution is 7.14. The second-order valence-corrected chi connectivity index (χ2v) is 8.17. The average Bonchev–Trinajstić information content (AvgIpc) is 3.28. The predicted molar refractivity (Wildman–Crippen MR) is 118 cm³/mol. The summed E-state index contributed by atoms with van der Waals surface area (Å²) in [7, 11) is 0. The topological polar surface area (TPSA) is 70.3 Å². The largest absolute Gasteiger partial charge is 0.282 e. The van der Waals surface area contributed by atoms with Crippen LogP contribution in [0.3, 0.4) is 0 Å². The summed E-state index contributed by atoms with van der Waals surface area (Å²) < 4.78 is 0. The van der Waals surface area contributed by atoms with Crippen LogP contribution in [-0.2, 0) is 4.79 Å². The number of aromatic nitrogens is 1. The number of carbonyl (C=O) groups is 1. The Kier molecular flexibility index (Phi) is 5.45. The molecular formula is C20H15Cl2N5OS. The second-order valence-electron chi connectivity index (χ2n) is 6.49. The fourth-order valence-corrected chi connectivity index (χ4v) is 3.84. The van der Waals surface area contributed by atoms with E-state index >= 15 is 0 Å². The van der Waals surface area contributed by atoms with Crippen molar-refractivity contribution in [2.45, 2.75) is 19.9 Å². The molecule has 1 aliphatic heterocycles. The highest BCUT2D eigenvalue weighted by Gasteiger charge is 2.36. The van der Waals surface area contributed by atoms with Crippen LogP contribution in [0.2, 0.25) is 10.0 Å². The summed E-state index contributed by atoms with van der Waals surface area (Å²) in [5, 5.41) is 17.1. The van der Waals surface area contributed by atoms with Gasteiger partial charge in [-0.15, -0.1) is 11.3 Å². The second kappa shape index (κ2) is 8.02. The van der Waals surface area contributed by atoms with Crippen molar-refractivity contribution in [3.63, 3.8) is 0 Å². The van der Waals surface area contributed by atoms with E-state index in [1.165, 1.54) is 21.9 Å². The summed E-state index contributed by atoms with van der Waals surface area (Å²) in [6.45, 7) is 3.76. The number of azo groups is 1. The number of benzene rings is 2. The molecule has 29 heavy (non-hydrogen) atoms. The quantitative estimate of drug-likeness (QED) is 0.443. The van der Waals surface area contributed by atoms with Gasteiger partial charge in [0.2, 0.25) is 5.13 Å². The molecule has 0 saturated heterocycles. The molecule has 0 radical (unpaired) electrons. The first-order chi connectivity index (χ1) is 13.9. The van der Waals surface area contributed by atoms with Crippen molar-refractivity contribution >= 4 is 57.0 Å². The van der Waals surface area contributed by atoms with E-state index in [0.717, 1.165) is 11.3 Å². The number of aryl methyl sites for hydroxylation is 1. The predicted octanol–water partition coefficient (Wildman–Crippen LogP) is 6.30. The Morgan fingerprint density at radius 3 is 2.62 bits per heavy atom. The van der Waals surface area contributed by atoms with Crippen LogP contribution < -0.4 is 5.01 Å². The van der Waals surface area contributed by atoms with Crippen molar-refractivity contribution in [3.05, 3.63) is 63.5 Å². The number of nitrogens with zero attached hydrogens (tertiary/aromatic N) is 5. The Hall–Kier alpha value is -2.61. The number of amides is 1. The van der Waals surface area contributed by atoms with E-state index in [4.69, 9.17) is 23.2 Å². The molecule has 2 heterocycles. The molecule has 2 aromatic carbocycles. The molecule has 1 aliphatic rings. The molecule has 0 bridgehead atoms. The highest BCUT2D eigenvalue weighted by Crippen LogP contribution is 2.32. The Morgan fingerprint density at radius 2 is 1.86 bits per heavy atom. The Bertz CT molecular complexity index is 1140. The van der Waals surface area contributed by atoms with E-state index in [9.17, 15) is 4.79 Å². The standard InChI is InChI=1S/C20H15Cl2N5OS/c1-11-3-5-13(6-4-11)17-10-29-20(23-17)27-19(28)18(12(2)26-27)25-24-16-9-14(21)7-8-15(16)22/h3-10,18H,1-2H3. The van der Waals surface area contributed by atoms with Gasteiger partial charge in [0.15, 0.2) is 6.04 Å². The van der Waals surface area contributed by atoms with Gasteiger partial charge >= 0.3 is 0 Å². The van der Waals surface area contributed by atoms with Gasteiger partial charge in [-0.25, -0.2) is 4.98 Å². The minimum absolute atomic E-state index is 0.311. The lowest BCUT2D eigenvalue weighted by molar-refractivity contribution is -0.117. The van der Waals surface area contributed by atoms with Gasteiger partial charge in [0.1, 0.15) is 5.69 Å². The SMILES string of the molecule is CC1=NN(c2nc(-c3ccc(C)cc3)cs2)C(=O)C1N=Nc1cc(Cl)ccc1Cl. The van der Waals surface area contributed by atoms with Crippen LogP contribution in [-0.4, -0.2) is 22.6 Å². The lowest BCUT2D eigenvalue weighted by atomic mass is 10.1. The maximum Gasteiger partial charge on any atom is 0.282 e. The normalized spacial score (nSPS) is 16.7. The molecule has 0 aliphatic carbocycles. The number of anilines is 1. The summed E-state index contributed by atoms with van der Waals surface area (Å²) in [6.07, 6.45) is 0. The van der Waals surface area contributed by atoms with Crippen LogP contribution in [0.15, 0.2) is 63.2 Å². The number of thiazole rings is 1. The van der Waals surface area contributed by atoms with Crippen molar-refractivity contribution in [1.82, 2.24) is 4.98 Å². The monoisotopic (exact) mass is 443 g/mol. The smallest absolute Gasteiger partial charge is 0.269 e. The molecule has 0 spiro atoms. The van der Waals surface area contributed by atoms with Gasteiger partial charge in [0.05, 0.1) is 16.4 Å². The number of hydrogen-bond acceptors (Lipinski definition) is 6. The molecule has 4 rings (SSSR count). The van der Waals surface area contributed by atoms with E-state index < -0.39 is 6.04 Å². The van der Waals surface area contributed by atoms with Crippen molar-refractivity contribution in [2.75, 3.05) is 5.01 Å². The zero-order valence-corrected chi connectivity index (χ0v) is 17.8. The first kappa shape index (κ1) is 19.7. The molecule has 1 unspecified atom stereocenters. The molecule has 6 nitrogen and oxygen atoms in total. The van der Waals surface area contributed by atoms with Crippen LogP contribution in [0.5, 0.6) is 0 Å². The Balaban J connectivity index is 1.55. The van der Waals surface area contributed by atoms with Gasteiger partial charge < -0.3 is 0 Å². The van der Waals surface area contributed by atoms with E-state index in [0.29, 0.717) is 26.6 Å². The van der Waals surface area contributed by atoms with Crippen molar-refractivity contribution in [3.8, 4) is 11.3 Å². The number of rotatable bonds is 4. The van der Waals surface area contributed by atoms with Gasteiger partial charge in [-0.3, -0.25) is 4.79 Å². The third kappa shape index (κ3) is 4.07. The van der Waals surface area contributed by atoms with E-state index in [1.807, 2.05) is 36.6 Å². The molecule has 9 heteroatoms. The van der Waals surface area contributed by atoms with Crippen molar-refractivity contribution in [2.24, 2.45) is 15.3 Å². The average molecular weight is 444 g/mol. The molecule has 0 N–H and O–H groups in total. The lowest BCUT2D eigenvalue weighted by Crippen LogP contribution is -2.29. The summed E-state index contributed by atoms with van der Waals surface area (Å²) >= 11 is 13.4. The maximum absolute atomic E-state index is 12.8. The molecule has 1 amide bonds. The molecule has 1 aromatic heterocycles. The highest BCUT2D eigenvalue weighted by atomic mass is 35.5. The maximum atomic E-state index is 12.8. The first-order valence-corrected chi connectivity index (χ1v) is 10.3. The fourth-order valence-electron chi connectivity index (χ4n) is 2.73.